The molecule has 0 spiro atoms. The second-order valence-electron chi connectivity index (χ2n) is 9.19. The number of aromatic amines is 1. The summed E-state index contributed by atoms with van der Waals surface area (Å²) in [5.41, 5.74) is 8.94. The Bertz CT molecular complexity index is 1220. The summed E-state index contributed by atoms with van der Waals surface area (Å²) in [6, 6.07) is 12.0. The molecule has 4 rings (SSSR count). The Labute approximate surface area is 210 Å². The first-order chi connectivity index (χ1) is 17.4. The van der Waals surface area contributed by atoms with Crippen molar-refractivity contribution in [2.24, 2.45) is 5.73 Å². The van der Waals surface area contributed by atoms with Crippen LogP contribution in [0.5, 0.6) is 5.75 Å². The fourth-order valence-corrected chi connectivity index (χ4v) is 4.77. The van der Waals surface area contributed by atoms with Crippen LogP contribution in [0.25, 0.3) is 10.9 Å². The van der Waals surface area contributed by atoms with Crippen LogP contribution < -0.4 is 16.4 Å². The second kappa shape index (κ2) is 11.3. The van der Waals surface area contributed by atoms with E-state index >= 15 is 0 Å². The molecule has 0 bridgehead atoms. The van der Waals surface area contributed by atoms with Gasteiger partial charge in [0.25, 0.3) is 0 Å². The highest BCUT2D eigenvalue weighted by atomic mass is 16.3. The Morgan fingerprint density at radius 2 is 1.89 bits per heavy atom. The molecule has 3 aromatic rings. The number of aromatic hydroxyl groups is 1. The largest absolute Gasteiger partial charge is 0.508 e. The van der Waals surface area contributed by atoms with Gasteiger partial charge in [-0.15, -0.1) is 0 Å². The number of nitrogens with zero attached hydrogens (tertiary/aromatic N) is 1. The lowest BCUT2D eigenvalue weighted by molar-refractivity contribution is -0.141. The van der Waals surface area contributed by atoms with Crippen molar-refractivity contribution in [3.8, 4) is 5.75 Å². The van der Waals surface area contributed by atoms with E-state index in [-0.39, 0.29) is 24.0 Å². The highest BCUT2D eigenvalue weighted by molar-refractivity contribution is 5.94. The van der Waals surface area contributed by atoms with Crippen molar-refractivity contribution in [3.05, 3.63) is 65.9 Å². The summed E-state index contributed by atoms with van der Waals surface area (Å²) < 4.78 is 0. The maximum atomic E-state index is 13.6. The fraction of sp³-hybridized carbons (Fsp3) is 0.370. The number of carbonyl (C=O) groups excluding carboxylic acids is 3. The van der Waals surface area contributed by atoms with Crippen molar-refractivity contribution in [1.29, 1.82) is 0 Å². The molecule has 6 N–H and O–H groups in total. The zero-order valence-electron chi connectivity index (χ0n) is 20.4. The highest BCUT2D eigenvalue weighted by Gasteiger charge is 2.38. The lowest BCUT2D eigenvalue weighted by Crippen LogP contribution is -2.56. The molecular formula is C27H33N5O4. The molecule has 36 heavy (non-hydrogen) atoms. The fourth-order valence-electron chi connectivity index (χ4n) is 4.77. The molecule has 1 fully saturated rings. The molecule has 1 aromatic heterocycles. The third-order valence-corrected chi connectivity index (χ3v) is 6.63. The molecule has 1 aliphatic heterocycles. The number of fused-ring (bicyclic) bond motifs is 1. The molecule has 3 atom stereocenters. The van der Waals surface area contributed by atoms with Crippen molar-refractivity contribution in [2.75, 3.05) is 13.1 Å². The number of amides is 3. The summed E-state index contributed by atoms with van der Waals surface area (Å²) in [6.45, 7) is 2.76. The molecule has 0 radical (unpaired) electrons. The Balaban J connectivity index is 1.51. The van der Waals surface area contributed by atoms with Crippen LogP contribution in [0, 0.1) is 0 Å². The maximum Gasteiger partial charge on any atom is 0.246 e. The zero-order valence-corrected chi connectivity index (χ0v) is 20.4. The Morgan fingerprint density at radius 1 is 1.14 bits per heavy atom. The van der Waals surface area contributed by atoms with Gasteiger partial charge >= 0.3 is 0 Å². The summed E-state index contributed by atoms with van der Waals surface area (Å²) in [5, 5.41) is 16.3. The molecule has 0 saturated carbocycles. The molecule has 3 amide bonds. The van der Waals surface area contributed by atoms with E-state index in [1.54, 1.807) is 17.0 Å². The van der Waals surface area contributed by atoms with E-state index < -0.39 is 24.0 Å². The molecule has 2 heterocycles. The minimum atomic E-state index is -0.897. The number of likely N-dealkylation sites (N-methyl/N-ethyl adjacent to an activating group) is 1. The van der Waals surface area contributed by atoms with Crippen LogP contribution in [0.3, 0.4) is 0 Å². The monoisotopic (exact) mass is 491 g/mol. The predicted octanol–water partition coefficient (Wildman–Crippen LogP) is 1.60. The lowest BCUT2D eigenvalue weighted by atomic mass is 10.0. The number of nitrogens with one attached hydrogen (secondary N) is 3. The molecule has 0 unspecified atom stereocenters. The van der Waals surface area contributed by atoms with Gasteiger partial charge in [0.2, 0.25) is 17.7 Å². The second-order valence-corrected chi connectivity index (χ2v) is 9.19. The number of para-hydroxylation sites is 1. The molecule has 9 nitrogen and oxygen atoms in total. The average molecular weight is 492 g/mol. The summed E-state index contributed by atoms with van der Waals surface area (Å²) in [5.74, 6) is -0.827. The van der Waals surface area contributed by atoms with Crippen molar-refractivity contribution in [2.45, 2.75) is 50.7 Å². The smallest absolute Gasteiger partial charge is 0.246 e. The van der Waals surface area contributed by atoms with Crippen LogP contribution in [-0.4, -0.2) is 63.9 Å². The van der Waals surface area contributed by atoms with Gasteiger partial charge in [-0.25, -0.2) is 0 Å². The molecule has 1 saturated heterocycles. The van der Waals surface area contributed by atoms with E-state index in [4.69, 9.17) is 5.73 Å². The van der Waals surface area contributed by atoms with E-state index in [9.17, 15) is 19.5 Å². The number of hydrogen-bond donors (Lipinski definition) is 5. The topological polar surface area (TPSA) is 141 Å². The molecule has 2 aromatic carbocycles. The van der Waals surface area contributed by atoms with Gasteiger partial charge in [0.15, 0.2) is 0 Å². The van der Waals surface area contributed by atoms with Crippen LogP contribution in [0.2, 0.25) is 0 Å². The van der Waals surface area contributed by atoms with Crippen LogP contribution in [0.1, 0.15) is 30.9 Å². The van der Waals surface area contributed by atoms with Crippen molar-refractivity contribution in [3.63, 3.8) is 0 Å². The van der Waals surface area contributed by atoms with Crippen molar-refractivity contribution >= 4 is 28.6 Å². The maximum absolute atomic E-state index is 13.6. The van der Waals surface area contributed by atoms with E-state index in [1.165, 1.54) is 12.1 Å². The molecule has 0 aliphatic carbocycles. The van der Waals surface area contributed by atoms with Crippen molar-refractivity contribution < 1.29 is 19.5 Å². The number of hydrogen-bond acceptors (Lipinski definition) is 5. The van der Waals surface area contributed by atoms with Crippen LogP contribution in [-0.2, 0) is 27.2 Å². The summed E-state index contributed by atoms with van der Waals surface area (Å²) in [7, 11) is 0. The van der Waals surface area contributed by atoms with Gasteiger partial charge in [0, 0.05) is 36.6 Å². The van der Waals surface area contributed by atoms with Gasteiger partial charge in [-0.3, -0.25) is 14.4 Å². The molecule has 190 valence electrons. The van der Waals surface area contributed by atoms with Gasteiger partial charge in [0.05, 0.1) is 6.04 Å². The van der Waals surface area contributed by atoms with Gasteiger partial charge in [-0.05, 0) is 55.5 Å². The number of aromatic nitrogens is 1. The number of carbonyl (C=O) groups is 3. The number of rotatable bonds is 9. The summed E-state index contributed by atoms with van der Waals surface area (Å²) in [6.07, 6.45) is 3.66. The quantitative estimate of drug-likeness (QED) is 0.309. The third-order valence-electron chi connectivity index (χ3n) is 6.63. The highest BCUT2D eigenvalue weighted by Crippen LogP contribution is 2.21. The number of nitrogens with two attached hydrogens (primary N) is 1. The summed E-state index contributed by atoms with van der Waals surface area (Å²) in [4.78, 5) is 44.1. The Hall–Kier alpha value is -3.85. The van der Waals surface area contributed by atoms with Gasteiger partial charge in [-0.1, -0.05) is 30.3 Å². The van der Waals surface area contributed by atoms with E-state index in [0.29, 0.717) is 32.4 Å². The third kappa shape index (κ3) is 5.68. The van der Waals surface area contributed by atoms with E-state index in [1.807, 2.05) is 37.4 Å². The Morgan fingerprint density at radius 3 is 2.64 bits per heavy atom. The normalized spacial score (nSPS) is 17.1. The van der Waals surface area contributed by atoms with Crippen LogP contribution in [0.15, 0.2) is 54.7 Å². The first kappa shape index (κ1) is 25.2. The molecule has 9 heteroatoms. The predicted molar refractivity (Wildman–Crippen MR) is 137 cm³/mol. The number of likely N-dealkylation sites (tertiary alicyclic amines) is 1. The number of phenols is 1. The Kier molecular flexibility index (Phi) is 7.90. The minimum absolute atomic E-state index is 0.113. The SMILES string of the molecule is CCNC(=O)[C@@H]1CCCN1C(=O)[C@H](Cc1ccc(O)cc1)NC(=O)[C@@H](N)Cc1c[nH]c2ccccc12. The van der Waals surface area contributed by atoms with Gasteiger partial charge in [0.1, 0.15) is 17.8 Å². The number of phenolic OH excluding ortho intramolecular Hbond substituents is 1. The van der Waals surface area contributed by atoms with Crippen LogP contribution in [0.4, 0.5) is 0 Å². The first-order valence-corrected chi connectivity index (χ1v) is 12.3. The average Bonchev–Trinajstić information content (AvgIpc) is 3.52. The summed E-state index contributed by atoms with van der Waals surface area (Å²) >= 11 is 0. The van der Waals surface area contributed by atoms with E-state index in [0.717, 1.165) is 22.0 Å². The van der Waals surface area contributed by atoms with E-state index in [2.05, 4.69) is 15.6 Å². The number of H-pyrrole nitrogens is 1. The van der Waals surface area contributed by atoms with Gasteiger partial charge in [-0.2, -0.15) is 0 Å². The molecular weight excluding hydrogens is 458 g/mol. The number of benzene rings is 2. The minimum Gasteiger partial charge on any atom is -0.508 e. The lowest BCUT2D eigenvalue weighted by Gasteiger charge is -2.29. The molecule has 1 aliphatic rings. The van der Waals surface area contributed by atoms with Crippen LogP contribution >= 0.6 is 0 Å². The van der Waals surface area contributed by atoms with Crippen molar-refractivity contribution in [1.82, 2.24) is 20.5 Å². The van der Waals surface area contributed by atoms with Gasteiger partial charge < -0.3 is 31.4 Å². The zero-order chi connectivity index (χ0) is 25.7. The first-order valence-electron chi connectivity index (χ1n) is 12.3. The standard InChI is InChI=1S/C27H33N5O4/c1-2-29-26(35)24-8-5-13-32(24)27(36)23(14-17-9-11-19(33)12-10-17)31-25(34)21(28)15-18-16-30-22-7-4-3-6-20(18)22/h3-4,6-7,9-12,16,21,23-24,30,33H,2,5,8,13-15,28H2,1H3,(H,29,35)(H,31,34)/t21-,23-,24-/m0/s1.